The lowest BCUT2D eigenvalue weighted by atomic mass is 9.82. The van der Waals surface area contributed by atoms with E-state index in [1.165, 1.54) is 18.2 Å². The fourth-order valence-electron chi connectivity index (χ4n) is 4.44. The number of ether oxygens (including phenoxy) is 2. The van der Waals surface area contributed by atoms with E-state index in [2.05, 4.69) is 0 Å². The van der Waals surface area contributed by atoms with Crippen molar-refractivity contribution in [3.8, 4) is 16.9 Å². The summed E-state index contributed by atoms with van der Waals surface area (Å²) in [6.07, 6.45) is 2.01. The summed E-state index contributed by atoms with van der Waals surface area (Å²) in [6, 6.07) is 12.5. The first kappa shape index (κ1) is 25.2. The number of hydrogen-bond donors (Lipinski definition) is 1. The molecule has 1 aliphatic carbocycles. The highest BCUT2D eigenvalue weighted by atomic mass is 19.2. The van der Waals surface area contributed by atoms with Crippen LogP contribution in [0.5, 0.6) is 5.75 Å². The van der Waals surface area contributed by atoms with Crippen molar-refractivity contribution in [3.63, 3.8) is 0 Å². The van der Waals surface area contributed by atoms with Crippen LogP contribution in [0.3, 0.4) is 0 Å². The van der Waals surface area contributed by atoms with Crippen LogP contribution in [0.15, 0.2) is 48.5 Å². The standard InChI is InChI=1S/C28H28F4O3/c1-2-34-16-20-9-12-22(26(30)25(20)29)18-5-3-17(4-6-18)15-35-24-14-13-23(27(31)28(24)32)19-7-10-21(33)11-8-19/h3-6,9,12-14,19,21,33H,2,7-8,10-11,15-16H2,1H3. The summed E-state index contributed by atoms with van der Waals surface area (Å²) in [5, 5.41) is 9.64. The molecular weight excluding hydrogens is 460 g/mol. The van der Waals surface area contributed by atoms with Crippen LogP contribution < -0.4 is 4.74 Å². The number of aliphatic hydroxyl groups is 1. The van der Waals surface area contributed by atoms with E-state index >= 15 is 0 Å². The van der Waals surface area contributed by atoms with Crippen molar-refractivity contribution in [2.24, 2.45) is 0 Å². The van der Waals surface area contributed by atoms with Gasteiger partial charge in [-0.15, -0.1) is 0 Å². The Bertz CT molecular complexity index is 1160. The van der Waals surface area contributed by atoms with Gasteiger partial charge in [0.2, 0.25) is 5.82 Å². The second kappa shape index (κ2) is 11.2. The second-order valence-electron chi connectivity index (χ2n) is 8.81. The fraction of sp³-hybridized carbons (Fsp3) is 0.357. The molecule has 0 saturated heterocycles. The van der Waals surface area contributed by atoms with Crippen molar-refractivity contribution < 1.29 is 32.1 Å². The van der Waals surface area contributed by atoms with Crippen molar-refractivity contribution in [1.29, 1.82) is 0 Å². The lowest BCUT2D eigenvalue weighted by molar-refractivity contribution is 0.122. The molecule has 4 rings (SSSR count). The normalized spacial score (nSPS) is 18.0. The molecule has 7 heteroatoms. The van der Waals surface area contributed by atoms with E-state index in [0.29, 0.717) is 49.0 Å². The lowest BCUT2D eigenvalue weighted by Gasteiger charge is -2.26. The van der Waals surface area contributed by atoms with E-state index in [0.717, 1.165) is 0 Å². The predicted molar refractivity (Wildman–Crippen MR) is 125 cm³/mol. The second-order valence-corrected chi connectivity index (χ2v) is 8.81. The van der Waals surface area contributed by atoms with Gasteiger partial charge in [-0.2, -0.15) is 4.39 Å². The molecule has 3 aromatic carbocycles. The molecule has 0 amide bonds. The van der Waals surface area contributed by atoms with Crippen LogP contribution in [-0.2, 0) is 18.0 Å². The number of halogens is 4. The monoisotopic (exact) mass is 488 g/mol. The van der Waals surface area contributed by atoms with Gasteiger partial charge in [0.1, 0.15) is 6.61 Å². The number of hydrogen-bond acceptors (Lipinski definition) is 3. The summed E-state index contributed by atoms with van der Waals surface area (Å²) in [4.78, 5) is 0. The van der Waals surface area contributed by atoms with Gasteiger partial charge >= 0.3 is 0 Å². The molecule has 1 saturated carbocycles. The average molecular weight is 489 g/mol. The largest absolute Gasteiger partial charge is 0.486 e. The molecule has 0 spiro atoms. The third-order valence-electron chi connectivity index (χ3n) is 6.50. The highest BCUT2D eigenvalue weighted by Crippen LogP contribution is 2.37. The van der Waals surface area contributed by atoms with Crippen molar-refractivity contribution in [2.75, 3.05) is 6.61 Å². The Balaban J connectivity index is 1.43. The summed E-state index contributed by atoms with van der Waals surface area (Å²) in [6.45, 7) is 2.16. The maximum absolute atomic E-state index is 14.7. The van der Waals surface area contributed by atoms with Gasteiger partial charge in [-0.1, -0.05) is 42.5 Å². The Kier molecular flexibility index (Phi) is 8.08. The van der Waals surface area contributed by atoms with Gasteiger partial charge in [-0.3, -0.25) is 0 Å². The number of rotatable bonds is 8. The van der Waals surface area contributed by atoms with Gasteiger partial charge in [0.15, 0.2) is 23.2 Å². The van der Waals surface area contributed by atoms with E-state index in [4.69, 9.17) is 9.47 Å². The minimum Gasteiger partial charge on any atom is -0.486 e. The number of benzene rings is 3. The molecule has 0 heterocycles. The molecule has 1 N–H and O–H groups in total. The zero-order valence-corrected chi connectivity index (χ0v) is 19.5. The van der Waals surface area contributed by atoms with Crippen LogP contribution in [0.2, 0.25) is 0 Å². The minimum absolute atomic E-state index is 0.00226. The summed E-state index contributed by atoms with van der Waals surface area (Å²) in [5.41, 5.74) is 1.72. The first-order valence-electron chi connectivity index (χ1n) is 11.8. The molecule has 0 bridgehead atoms. The first-order valence-corrected chi connectivity index (χ1v) is 11.8. The smallest absolute Gasteiger partial charge is 0.200 e. The summed E-state index contributed by atoms with van der Waals surface area (Å²) < 4.78 is 68.9. The van der Waals surface area contributed by atoms with Crippen LogP contribution in [0, 0.1) is 23.3 Å². The maximum atomic E-state index is 14.7. The third kappa shape index (κ3) is 5.68. The molecule has 0 atom stereocenters. The first-order chi connectivity index (χ1) is 16.9. The Morgan fingerprint density at radius 3 is 2.17 bits per heavy atom. The molecule has 3 aromatic rings. The molecule has 186 valence electrons. The highest BCUT2D eigenvalue weighted by Gasteiger charge is 2.26. The van der Waals surface area contributed by atoms with Gasteiger partial charge in [0.25, 0.3) is 0 Å². The van der Waals surface area contributed by atoms with Gasteiger partial charge < -0.3 is 14.6 Å². The lowest BCUT2D eigenvalue weighted by Crippen LogP contribution is -2.18. The molecule has 0 unspecified atom stereocenters. The van der Waals surface area contributed by atoms with Gasteiger partial charge in [-0.25, -0.2) is 13.2 Å². The van der Waals surface area contributed by atoms with Crippen LogP contribution >= 0.6 is 0 Å². The van der Waals surface area contributed by atoms with Crippen LogP contribution in [0.1, 0.15) is 55.2 Å². The summed E-state index contributed by atoms with van der Waals surface area (Å²) in [5.74, 6) is -4.14. The van der Waals surface area contributed by atoms with Gasteiger partial charge in [0.05, 0.1) is 12.7 Å². The third-order valence-corrected chi connectivity index (χ3v) is 6.50. The van der Waals surface area contributed by atoms with E-state index in [9.17, 15) is 22.7 Å². The molecule has 3 nitrogen and oxygen atoms in total. The van der Waals surface area contributed by atoms with Crippen molar-refractivity contribution in [2.45, 2.75) is 57.8 Å². The Morgan fingerprint density at radius 2 is 1.49 bits per heavy atom. The molecule has 0 radical (unpaired) electrons. The van der Waals surface area contributed by atoms with Crippen LogP contribution in [-0.4, -0.2) is 17.8 Å². The highest BCUT2D eigenvalue weighted by molar-refractivity contribution is 5.65. The molecule has 0 aliphatic heterocycles. The van der Waals surface area contributed by atoms with Crippen molar-refractivity contribution in [3.05, 3.63) is 88.5 Å². The SMILES string of the molecule is CCOCc1ccc(-c2ccc(COc3ccc(C4CCC(O)CC4)c(F)c3F)cc2)c(F)c1F. The quantitative estimate of drug-likeness (QED) is 0.346. The minimum atomic E-state index is -1.03. The Labute approximate surface area is 202 Å². The van der Waals surface area contributed by atoms with E-state index in [-0.39, 0.29) is 42.1 Å². The van der Waals surface area contributed by atoms with E-state index in [1.54, 1.807) is 37.3 Å². The molecule has 1 aliphatic rings. The van der Waals surface area contributed by atoms with Crippen molar-refractivity contribution in [1.82, 2.24) is 0 Å². The Morgan fingerprint density at radius 1 is 0.771 bits per heavy atom. The maximum Gasteiger partial charge on any atom is 0.200 e. The topological polar surface area (TPSA) is 38.7 Å². The van der Waals surface area contributed by atoms with Gasteiger partial charge in [0, 0.05) is 17.7 Å². The van der Waals surface area contributed by atoms with E-state index in [1.807, 2.05) is 0 Å². The zero-order valence-electron chi connectivity index (χ0n) is 19.5. The fourth-order valence-corrected chi connectivity index (χ4v) is 4.44. The van der Waals surface area contributed by atoms with Crippen LogP contribution in [0.25, 0.3) is 11.1 Å². The molecule has 35 heavy (non-hydrogen) atoms. The summed E-state index contributed by atoms with van der Waals surface area (Å²) in [7, 11) is 0. The van der Waals surface area contributed by atoms with Gasteiger partial charge in [-0.05, 0) is 61.3 Å². The van der Waals surface area contributed by atoms with E-state index < -0.39 is 23.3 Å². The van der Waals surface area contributed by atoms with Crippen molar-refractivity contribution >= 4 is 0 Å². The molecule has 0 aromatic heterocycles. The zero-order chi connectivity index (χ0) is 24.9. The molecule has 1 fully saturated rings. The predicted octanol–water partition coefficient (Wildman–Crippen LogP) is 7.04. The summed E-state index contributed by atoms with van der Waals surface area (Å²) >= 11 is 0. The van der Waals surface area contributed by atoms with Crippen LogP contribution in [0.4, 0.5) is 17.6 Å². The Hall–Kier alpha value is -2.90. The average Bonchev–Trinajstić information content (AvgIpc) is 2.87. The molecular formula is C28H28F4O3. The number of aliphatic hydroxyl groups excluding tert-OH is 1.